The van der Waals surface area contributed by atoms with Crippen molar-refractivity contribution in [1.82, 2.24) is 15.3 Å². The van der Waals surface area contributed by atoms with E-state index in [0.717, 1.165) is 29.0 Å². The highest BCUT2D eigenvalue weighted by Gasteiger charge is 2.33. The smallest absolute Gasteiger partial charge is 0.354 e. The van der Waals surface area contributed by atoms with E-state index in [1.54, 1.807) is 18.5 Å². The molecule has 9 heteroatoms. The first kappa shape index (κ1) is 23.1. The molecule has 1 fully saturated rings. The lowest BCUT2D eigenvalue weighted by Crippen LogP contribution is -2.43. The number of carbonyl (C=O) groups is 1. The second-order valence-electron chi connectivity index (χ2n) is 7.76. The number of hydrogen-bond donors (Lipinski definition) is 1. The summed E-state index contributed by atoms with van der Waals surface area (Å²) in [5.74, 6) is 0.123. The van der Waals surface area contributed by atoms with Crippen molar-refractivity contribution in [2.24, 2.45) is 5.92 Å². The fourth-order valence-corrected chi connectivity index (χ4v) is 4.77. The molecule has 0 spiro atoms. The van der Waals surface area contributed by atoms with Crippen LogP contribution < -0.4 is 10.2 Å². The first-order valence-electron chi connectivity index (χ1n) is 10.6. The molecular formula is C24H23F3N4OS. The van der Waals surface area contributed by atoms with E-state index in [1.807, 2.05) is 35.2 Å². The maximum Gasteiger partial charge on any atom is 0.416 e. The number of amides is 1. The molecule has 0 radical (unpaired) electrons. The van der Waals surface area contributed by atoms with E-state index >= 15 is 0 Å². The predicted molar refractivity (Wildman–Crippen MR) is 121 cm³/mol. The van der Waals surface area contributed by atoms with Gasteiger partial charge in [-0.15, -0.1) is 0 Å². The van der Waals surface area contributed by atoms with Gasteiger partial charge in [-0.3, -0.25) is 4.79 Å². The molecular weight excluding hydrogens is 449 g/mol. The van der Waals surface area contributed by atoms with Crippen LogP contribution in [0.3, 0.4) is 0 Å². The van der Waals surface area contributed by atoms with Crippen molar-refractivity contribution in [2.75, 3.05) is 18.0 Å². The number of nitrogens with one attached hydrogen (secondary N) is 1. The maximum absolute atomic E-state index is 13.2. The van der Waals surface area contributed by atoms with Crippen LogP contribution in [-0.2, 0) is 17.5 Å². The summed E-state index contributed by atoms with van der Waals surface area (Å²) in [4.78, 5) is 24.9. The Morgan fingerprint density at radius 1 is 1.06 bits per heavy atom. The van der Waals surface area contributed by atoms with Crippen LogP contribution in [0.2, 0.25) is 0 Å². The van der Waals surface area contributed by atoms with Gasteiger partial charge in [0.05, 0.1) is 11.5 Å². The molecule has 3 aromatic rings. The first-order chi connectivity index (χ1) is 15.9. The number of hydrogen-bond acceptors (Lipinski definition) is 5. The van der Waals surface area contributed by atoms with Crippen LogP contribution in [0.4, 0.5) is 19.0 Å². The summed E-state index contributed by atoms with van der Waals surface area (Å²) in [6.45, 7) is 1.01. The van der Waals surface area contributed by atoms with Gasteiger partial charge < -0.3 is 10.2 Å². The maximum atomic E-state index is 13.2. The predicted octanol–water partition coefficient (Wildman–Crippen LogP) is 5.18. The summed E-state index contributed by atoms with van der Waals surface area (Å²) in [5.41, 5.74) is -0.667. The Labute approximate surface area is 194 Å². The summed E-state index contributed by atoms with van der Waals surface area (Å²) in [6, 6.07) is 15.2. The van der Waals surface area contributed by atoms with Crippen molar-refractivity contribution >= 4 is 23.5 Å². The first-order valence-corrected chi connectivity index (χ1v) is 11.4. The molecule has 0 unspecified atom stereocenters. The number of carbonyl (C=O) groups excluding carboxylic acids is 1. The normalized spacial score (nSPS) is 16.5. The SMILES string of the molecule is O=C(NCc1ccccc1C(F)(F)F)[C@@H]1CCCN(c2nccnc2Sc2ccccc2)C1. The standard InChI is InChI=1S/C24H23F3N4OS/c25-24(26,27)20-11-5-4-7-17(20)15-30-22(32)18-8-6-14-31(16-18)21-23(29-13-12-28-21)33-19-9-2-1-3-10-19/h1-5,7,9-13,18H,6,8,14-16H2,(H,30,32)/t18-/m1/s1. The number of anilines is 1. The molecule has 1 aromatic heterocycles. The van der Waals surface area contributed by atoms with E-state index in [2.05, 4.69) is 15.3 Å². The molecule has 1 atom stereocenters. The zero-order chi connectivity index (χ0) is 23.3. The van der Waals surface area contributed by atoms with Crippen LogP contribution >= 0.6 is 11.8 Å². The Hall–Kier alpha value is -3.07. The van der Waals surface area contributed by atoms with E-state index < -0.39 is 11.7 Å². The largest absolute Gasteiger partial charge is 0.416 e. The van der Waals surface area contributed by atoms with Crippen LogP contribution in [0.15, 0.2) is 76.9 Å². The van der Waals surface area contributed by atoms with Gasteiger partial charge in [0, 0.05) is 36.9 Å². The monoisotopic (exact) mass is 472 g/mol. The van der Waals surface area contributed by atoms with E-state index in [-0.39, 0.29) is 23.9 Å². The minimum atomic E-state index is -4.46. The minimum Gasteiger partial charge on any atom is -0.354 e. The molecule has 1 aliphatic rings. The number of rotatable bonds is 6. The van der Waals surface area contributed by atoms with Gasteiger partial charge in [0.1, 0.15) is 5.03 Å². The van der Waals surface area contributed by atoms with Gasteiger partial charge in [0.2, 0.25) is 5.91 Å². The van der Waals surface area contributed by atoms with Crippen molar-refractivity contribution in [3.8, 4) is 0 Å². The number of alkyl halides is 3. The van der Waals surface area contributed by atoms with Crippen molar-refractivity contribution in [3.05, 3.63) is 78.1 Å². The Bertz CT molecular complexity index is 1090. The number of halogens is 3. The lowest BCUT2D eigenvalue weighted by atomic mass is 9.97. The van der Waals surface area contributed by atoms with Crippen molar-refractivity contribution < 1.29 is 18.0 Å². The van der Waals surface area contributed by atoms with Crippen LogP contribution in [0.25, 0.3) is 0 Å². The number of aromatic nitrogens is 2. The zero-order valence-electron chi connectivity index (χ0n) is 17.8. The van der Waals surface area contributed by atoms with E-state index in [9.17, 15) is 18.0 Å². The van der Waals surface area contributed by atoms with Crippen molar-refractivity contribution in [3.63, 3.8) is 0 Å². The fraction of sp³-hybridized carbons (Fsp3) is 0.292. The molecule has 1 saturated heterocycles. The van der Waals surface area contributed by atoms with Crippen LogP contribution in [0, 0.1) is 5.92 Å². The molecule has 0 aliphatic carbocycles. The third kappa shape index (κ3) is 5.84. The topological polar surface area (TPSA) is 58.1 Å². The van der Waals surface area contributed by atoms with Gasteiger partial charge in [-0.25, -0.2) is 9.97 Å². The third-order valence-corrected chi connectivity index (χ3v) is 6.46. The van der Waals surface area contributed by atoms with Gasteiger partial charge >= 0.3 is 6.18 Å². The molecule has 2 heterocycles. The highest BCUT2D eigenvalue weighted by Crippen LogP contribution is 2.34. The number of benzene rings is 2. The zero-order valence-corrected chi connectivity index (χ0v) is 18.6. The molecule has 33 heavy (non-hydrogen) atoms. The minimum absolute atomic E-state index is 0.0569. The van der Waals surface area contributed by atoms with Gasteiger partial charge in [0.25, 0.3) is 0 Å². The number of nitrogens with zero attached hydrogens (tertiary/aromatic N) is 3. The summed E-state index contributed by atoms with van der Waals surface area (Å²) < 4.78 is 39.7. The summed E-state index contributed by atoms with van der Waals surface area (Å²) in [7, 11) is 0. The molecule has 1 amide bonds. The molecule has 4 rings (SSSR count). The van der Waals surface area contributed by atoms with Gasteiger partial charge in [-0.05, 0) is 36.6 Å². The van der Waals surface area contributed by atoms with E-state index in [0.29, 0.717) is 18.8 Å². The molecule has 0 bridgehead atoms. The Morgan fingerprint density at radius 2 is 1.79 bits per heavy atom. The summed E-state index contributed by atoms with van der Waals surface area (Å²) in [6.07, 6.45) is 0.263. The molecule has 0 saturated carbocycles. The Kier molecular flexibility index (Phi) is 7.17. The van der Waals surface area contributed by atoms with Gasteiger partial charge in [0.15, 0.2) is 5.82 Å². The average molecular weight is 473 g/mol. The van der Waals surface area contributed by atoms with E-state index in [1.165, 1.54) is 23.9 Å². The highest BCUT2D eigenvalue weighted by atomic mass is 32.2. The lowest BCUT2D eigenvalue weighted by molar-refractivity contribution is -0.138. The third-order valence-electron chi connectivity index (χ3n) is 5.47. The van der Waals surface area contributed by atoms with Crippen molar-refractivity contribution in [2.45, 2.75) is 35.5 Å². The molecule has 1 aliphatic heterocycles. The molecule has 5 nitrogen and oxygen atoms in total. The second kappa shape index (κ2) is 10.2. The van der Waals surface area contributed by atoms with Crippen LogP contribution in [-0.4, -0.2) is 29.0 Å². The highest BCUT2D eigenvalue weighted by molar-refractivity contribution is 7.99. The average Bonchev–Trinajstić information content (AvgIpc) is 2.83. The lowest BCUT2D eigenvalue weighted by Gasteiger charge is -2.33. The summed E-state index contributed by atoms with van der Waals surface area (Å²) >= 11 is 1.51. The van der Waals surface area contributed by atoms with Crippen LogP contribution in [0.5, 0.6) is 0 Å². The van der Waals surface area contributed by atoms with Crippen molar-refractivity contribution in [1.29, 1.82) is 0 Å². The summed E-state index contributed by atoms with van der Waals surface area (Å²) in [5, 5.41) is 3.45. The van der Waals surface area contributed by atoms with E-state index in [4.69, 9.17) is 0 Å². The molecule has 2 aromatic carbocycles. The van der Waals surface area contributed by atoms with Gasteiger partial charge in [-0.1, -0.05) is 48.2 Å². The molecule has 172 valence electrons. The second-order valence-corrected chi connectivity index (χ2v) is 8.82. The quantitative estimate of drug-likeness (QED) is 0.536. The van der Waals surface area contributed by atoms with Crippen LogP contribution in [0.1, 0.15) is 24.0 Å². The molecule has 1 N–H and O–H groups in total. The number of piperidine rings is 1. The Balaban J connectivity index is 1.43. The fourth-order valence-electron chi connectivity index (χ4n) is 3.87. The Morgan fingerprint density at radius 3 is 2.58 bits per heavy atom. The van der Waals surface area contributed by atoms with Gasteiger partial charge in [-0.2, -0.15) is 13.2 Å².